The van der Waals surface area contributed by atoms with Crippen molar-refractivity contribution in [3.8, 4) is 17.2 Å². The van der Waals surface area contributed by atoms with Gasteiger partial charge in [0.1, 0.15) is 17.2 Å². The third-order valence-corrected chi connectivity index (χ3v) is 9.64. The van der Waals surface area contributed by atoms with Crippen LogP contribution in [0.25, 0.3) is 0 Å². The number of halogens is 10. The van der Waals surface area contributed by atoms with Crippen LogP contribution < -0.4 is 51.3 Å². The van der Waals surface area contributed by atoms with Crippen molar-refractivity contribution in [3.05, 3.63) is 117 Å². The topological polar surface area (TPSA) is 226 Å². The van der Waals surface area contributed by atoms with Gasteiger partial charge in [-0.25, -0.2) is 14.4 Å². The highest BCUT2D eigenvalue weighted by molar-refractivity contribution is 6.54. The van der Waals surface area contributed by atoms with Gasteiger partial charge < -0.3 is 61.5 Å². The first-order valence-corrected chi connectivity index (χ1v) is 21.6. The number of nitrogens with one attached hydrogen (secondary N) is 5. The Hall–Kier alpha value is -7.02. The molecule has 0 saturated carbocycles. The SMILES string of the molecule is O=C(O)C(F)(F)F.O=CC(F)(F)F.[2H]C([2H])([2H])Oc1ccc(Cl)cc1N.[2H]C([2H])([2H])Oc1ccc(Cl)cc1NC(=O)Nc1cccc2c1CCN2.[2H]C([2H])([2H])Oc1ccc(Cl)cc1NC(=O)Nc1cccc2c1CCN2B(C)O.[2H]CC.[2H]CF. The lowest BCUT2D eigenvalue weighted by Gasteiger charge is -2.20. The highest BCUT2D eigenvalue weighted by atomic mass is 35.5. The largest absolute Gasteiger partial charge is 0.495 e. The van der Waals surface area contributed by atoms with Crippen molar-refractivity contribution in [2.24, 2.45) is 0 Å². The Morgan fingerprint density at radius 2 is 1.16 bits per heavy atom. The predicted octanol–water partition coefficient (Wildman–Crippen LogP) is 12.3. The van der Waals surface area contributed by atoms with Crippen LogP contribution in [0.4, 0.5) is 80.1 Å². The number of methoxy groups -OCH3 is 3. The van der Waals surface area contributed by atoms with Crippen molar-refractivity contribution < 1.29 is 89.3 Å². The summed E-state index contributed by atoms with van der Waals surface area (Å²) in [5.41, 5.74) is 11.1. The number of benzene rings is 5. The van der Waals surface area contributed by atoms with Gasteiger partial charge in [0.15, 0.2) is 0 Å². The highest BCUT2D eigenvalue weighted by Gasteiger charge is 2.38. The number of hydrogen-bond acceptors (Lipinski definition) is 11. The lowest BCUT2D eigenvalue weighted by atomic mass is 9.85. The van der Waals surface area contributed by atoms with Crippen LogP contribution in [-0.2, 0) is 22.4 Å². The van der Waals surface area contributed by atoms with Crippen molar-refractivity contribution in [2.75, 3.05) is 78.5 Å². The van der Waals surface area contributed by atoms with Gasteiger partial charge in [0.05, 0.1) is 59.0 Å². The van der Waals surface area contributed by atoms with Gasteiger partial charge in [0.2, 0.25) is 6.29 Å². The fourth-order valence-corrected chi connectivity index (χ4v) is 6.49. The molecule has 74 heavy (non-hydrogen) atoms. The predicted molar refractivity (Wildman–Crippen MR) is 278 cm³/mol. The maximum absolute atomic E-state index is 12.5. The molecule has 0 bridgehead atoms. The maximum Gasteiger partial charge on any atom is 0.490 e. The van der Waals surface area contributed by atoms with Crippen molar-refractivity contribution >= 4 is 106 Å². The van der Waals surface area contributed by atoms with Gasteiger partial charge >= 0.3 is 37.4 Å². The number of nitrogens with zero attached hydrogens (tertiary/aromatic N) is 1. The molecule has 7 rings (SSSR count). The average molecular weight is 1120 g/mol. The van der Waals surface area contributed by atoms with Crippen LogP contribution in [0.15, 0.2) is 91.0 Å². The molecule has 0 radical (unpaired) electrons. The zero-order valence-electron chi connectivity index (χ0n) is 49.6. The third-order valence-electron chi connectivity index (χ3n) is 8.93. The van der Waals surface area contributed by atoms with Crippen molar-refractivity contribution in [1.29, 1.82) is 0 Å². The number of hydrogen-bond donors (Lipinski definition) is 8. The fraction of sp³-hybridized carbons (Fsp3) is 0.277. The number of carbonyl (C=O) groups excluding carboxylic acids is 3. The molecule has 0 fully saturated rings. The number of alkyl halides is 7. The summed E-state index contributed by atoms with van der Waals surface area (Å²) in [4.78, 5) is 44.3. The van der Waals surface area contributed by atoms with Crippen LogP contribution in [0.1, 0.15) is 40.0 Å². The van der Waals surface area contributed by atoms with Crippen LogP contribution in [0.2, 0.25) is 21.9 Å². The Bertz CT molecular complexity index is 2980. The summed E-state index contributed by atoms with van der Waals surface area (Å²) in [6, 6.07) is 22.9. The molecule has 0 atom stereocenters. The quantitative estimate of drug-likeness (QED) is 0.0314. The molecule has 27 heteroatoms. The Labute approximate surface area is 453 Å². The van der Waals surface area contributed by atoms with Gasteiger partial charge in [-0.3, -0.25) is 9.18 Å². The van der Waals surface area contributed by atoms with Crippen molar-refractivity contribution in [3.63, 3.8) is 0 Å². The smallest absolute Gasteiger partial charge is 0.490 e. The molecule has 0 spiro atoms. The van der Waals surface area contributed by atoms with Gasteiger partial charge in [-0.05, 0) is 104 Å². The van der Waals surface area contributed by atoms with E-state index >= 15 is 0 Å². The summed E-state index contributed by atoms with van der Waals surface area (Å²) in [7, 11) is -9.41. The van der Waals surface area contributed by atoms with Gasteiger partial charge in [-0.2, -0.15) is 26.3 Å². The average Bonchev–Trinajstić information content (AvgIpc) is 4.27. The number of urea groups is 2. The number of amides is 4. The van der Waals surface area contributed by atoms with Crippen molar-refractivity contribution in [1.82, 2.24) is 0 Å². The molecular weight excluding hydrogens is 1060 g/mol. The summed E-state index contributed by atoms with van der Waals surface area (Å²) < 4.78 is 163. The lowest BCUT2D eigenvalue weighted by Crippen LogP contribution is -2.35. The van der Waals surface area contributed by atoms with Crippen LogP contribution in [0.5, 0.6) is 17.2 Å². The lowest BCUT2D eigenvalue weighted by molar-refractivity contribution is -0.192. The standard InChI is InChI=1S/C17H19BClN3O3.C16H16ClN3O2.C7H8ClNO.C2HF3O2.C2HF3O.C2H6.CH3F/c1-18(24)22-9-8-12-13(4-3-5-15(12)22)20-17(23)21-14-10-11(19)6-7-16(14)25-2;1-22-15-6-5-10(17)9-14(15)20-16(21)19-13-4-2-3-12-11(13)7-8-18-12;1-10-7-3-2-5(8)4-6(7)9;3-2(4,5)1(6)7;3-2(4,5)1-6;2*1-2/h3-7,10,24H,8-9H2,1-2H3,(H2,20,21,23);2-6,9,18H,7-8H2,1H3,(H2,19,20,21);2-4H,9H2,1H3;(H,6,7);1H;1-2H3;1H3/i2D3;2*1D3;;;2*1D. The van der Waals surface area contributed by atoms with Crippen LogP contribution in [0.3, 0.4) is 0 Å². The molecule has 2 aliphatic rings. The molecule has 9 N–H and O–H groups in total. The Morgan fingerprint density at radius 1 is 0.743 bits per heavy atom. The minimum Gasteiger partial charge on any atom is -0.495 e. The Kier molecular flexibility index (Phi) is 20.9. The number of fused-ring (bicyclic) bond motifs is 2. The normalized spacial score (nSPS) is 14.0. The number of aldehydes is 1. The Balaban J connectivity index is 0.000000572. The van der Waals surface area contributed by atoms with E-state index in [-0.39, 0.29) is 34.3 Å². The number of aliphatic carboxylic acids is 1. The maximum atomic E-state index is 12.5. The molecule has 5 aromatic rings. The Morgan fingerprint density at radius 3 is 1.59 bits per heavy atom. The second kappa shape index (κ2) is 32.2. The second-order valence-corrected chi connectivity index (χ2v) is 15.1. The molecule has 0 aliphatic carbocycles. The molecule has 2 heterocycles. The number of nitrogen functional groups attached to an aromatic ring is 1. The number of ether oxygens (including phenoxy) is 3. The zero-order valence-corrected chi connectivity index (χ0v) is 40.9. The van der Waals surface area contributed by atoms with E-state index in [1.807, 2.05) is 29.1 Å². The molecule has 16 nitrogen and oxygen atoms in total. The summed E-state index contributed by atoms with van der Waals surface area (Å²) in [6.07, 6.45) is -9.29. The molecule has 0 unspecified atom stereocenters. The number of carboxylic acid groups (broad SMARTS) is 1. The zero-order chi connectivity index (χ0) is 65.3. The molecular formula is C47H54BCl3F7N7O9. The van der Waals surface area contributed by atoms with Gasteiger partial charge in [0, 0.05) is 57.8 Å². The van der Waals surface area contributed by atoms with E-state index in [4.69, 9.17) is 79.8 Å². The molecule has 0 saturated heterocycles. The fourth-order valence-electron chi connectivity index (χ4n) is 5.97. The van der Waals surface area contributed by atoms with E-state index in [2.05, 4.69) is 31.3 Å². The van der Waals surface area contributed by atoms with E-state index < -0.39 is 72.0 Å². The van der Waals surface area contributed by atoms with E-state index in [9.17, 15) is 45.3 Å². The van der Waals surface area contributed by atoms with Crippen LogP contribution in [0, 0.1) is 0 Å². The number of carboxylic acids is 1. The van der Waals surface area contributed by atoms with Gasteiger partial charge in [-0.15, -0.1) is 0 Å². The van der Waals surface area contributed by atoms with Gasteiger partial charge in [-0.1, -0.05) is 60.8 Å². The third kappa shape index (κ3) is 22.0. The summed E-state index contributed by atoms with van der Waals surface area (Å²) in [5, 5.41) is 32.0. The minimum absolute atomic E-state index is 0.0134. The van der Waals surface area contributed by atoms with Crippen LogP contribution in [-0.4, -0.2) is 95.2 Å². The number of rotatable bonds is 8. The van der Waals surface area contributed by atoms with E-state index in [0.717, 1.165) is 35.5 Å². The summed E-state index contributed by atoms with van der Waals surface area (Å²) in [5.74, 6) is -2.64. The molecule has 404 valence electrons. The molecule has 0 aromatic heterocycles. The molecule has 4 amide bonds. The van der Waals surface area contributed by atoms with E-state index in [1.54, 1.807) is 25.9 Å². The first-order chi connectivity index (χ1) is 39.2. The monoisotopic (exact) mass is 1120 g/mol. The highest BCUT2D eigenvalue weighted by Crippen LogP contribution is 2.35. The molecule has 5 aromatic carbocycles. The second-order valence-electron chi connectivity index (χ2n) is 13.8. The van der Waals surface area contributed by atoms with E-state index in [0.29, 0.717) is 46.3 Å². The van der Waals surface area contributed by atoms with Gasteiger partial charge in [0.25, 0.3) is 0 Å². The van der Waals surface area contributed by atoms with Crippen molar-refractivity contribution in [2.45, 2.75) is 45.8 Å². The number of nitrogens with two attached hydrogens (primary N) is 1. The number of anilines is 7. The van der Waals surface area contributed by atoms with E-state index in [1.165, 1.54) is 54.6 Å². The minimum atomic E-state index is -5.08. The first kappa shape index (κ1) is 48.0. The molecule has 2 aliphatic heterocycles. The number of carbonyl (C=O) groups is 4. The first-order valence-electron chi connectivity index (χ1n) is 26.4. The van der Waals surface area contributed by atoms with Crippen LogP contribution >= 0.6 is 34.8 Å². The summed E-state index contributed by atoms with van der Waals surface area (Å²) in [6.45, 7) is 5.45. The summed E-state index contributed by atoms with van der Waals surface area (Å²) >= 11 is 17.5.